The van der Waals surface area contributed by atoms with Crippen molar-refractivity contribution in [3.8, 4) is 11.1 Å². The zero-order valence-electron chi connectivity index (χ0n) is 11.1. The molecular formula is C15H16N2O2S. The number of amides is 1. The lowest BCUT2D eigenvalue weighted by Crippen LogP contribution is -2.11. The largest absolute Gasteiger partial charge is 0.355 e. The van der Waals surface area contributed by atoms with Crippen LogP contribution in [-0.2, 0) is 22.3 Å². The van der Waals surface area contributed by atoms with Crippen molar-refractivity contribution in [2.75, 3.05) is 7.05 Å². The van der Waals surface area contributed by atoms with E-state index in [2.05, 4.69) is 10.0 Å². The molecule has 0 spiro atoms. The van der Waals surface area contributed by atoms with Crippen molar-refractivity contribution in [2.24, 2.45) is 0 Å². The maximum atomic E-state index is 12.0. The van der Waals surface area contributed by atoms with Gasteiger partial charge in [0.2, 0.25) is 6.41 Å². The Balaban J connectivity index is 2.32. The van der Waals surface area contributed by atoms with Gasteiger partial charge in [-0.2, -0.15) is 0 Å². The molecule has 2 N–H and O–H groups in total. The summed E-state index contributed by atoms with van der Waals surface area (Å²) in [7, 11) is 0.446. The van der Waals surface area contributed by atoms with Crippen molar-refractivity contribution >= 4 is 17.4 Å². The number of carbonyl (C=O) groups excluding carboxylic acids is 1. The molecule has 0 saturated carbocycles. The van der Waals surface area contributed by atoms with Crippen molar-refractivity contribution in [1.29, 1.82) is 0 Å². The van der Waals surface area contributed by atoms with E-state index in [0.29, 0.717) is 13.0 Å². The summed E-state index contributed by atoms with van der Waals surface area (Å²) in [5.41, 5.74) is 2.96. The van der Waals surface area contributed by atoms with E-state index in [1.807, 2.05) is 48.5 Å². The summed E-state index contributed by atoms with van der Waals surface area (Å²) in [4.78, 5) is 11.0. The van der Waals surface area contributed by atoms with Gasteiger partial charge in [-0.3, -0.25) is 4.79 Å². The number of nitrogens with one attached hydrogen (secondary N) is 2. The second kappa shape index (κ2) is 6.98. The normalized spacial score (nSPS) is 11.8. The molecule has 2 aromatic carbocycles. The van der Waals surface area contributed by atoms with E-state index >= 15 is 0 Å². The van der Waals surface area contributed by atoms with Crippen LogP contribution in [0.3, 0.4) is 0 Å². The van der Waals surface area contributed by atoms with Crippen LogP contribution in [0.25, 0.3) is 11.1 Å². The first-order chi connectivity index (χ1) is 9.76. The van der Waals surface area contributed by atoms with E-state index in [9.17, 15) is 9.00 Å². The van der Waals surface area contributed by atoms with Gasteiger partial charge in [0.15, 0.2) is 0 Å². The smallest absolute Gasteiger partial charge is 0.207 e. The summed E-state index contributed by atoms with van der Waals surface area (Å²) < 4.78 is 14.7. The van der Waals surface area contributed by atoms with Crippen molar-refractivity contribution in [2.45, 2.75) is 11.4 Å². The zero-order chi connectivity index (χ0) is 14.4. The van der Waals surface area contributed by atoms with Crippen molar-refractivity contribution in [3.05, 3.63) is 54.1 Å². The number of hydrogen-bond donors (Lipinski definition) is 2. The zero-order valence-corrected chi connectivity index (χ0v) is 11.9. The van der Waals surface area contributed by atoms with Gasteiger partial charge in [-0.05, 0) is 29.8 Å². The van der Waals surface area contributed by atoms with Gasteiger partial charge in [-0.1, -0.05) is 42.5 Å². The minimum absolute atomic E-state index is 0.508. The van der Waals surface area contributed by atoms with Crippen LogP contribution in [0.2, 0.25) is 0 Å². The summed E-state index contributed by atoms with van der Waals surface area (Å²) in [6, 6.07) is 15.4. The van der Waals surface area contributed by atoms with Crippen molar-refractivity contribution in [1.82, 2.24) is 10.0 Å². The number of hydrogen-bond acceptors (Lipinski definition) is 2. The Bertz CT molecular complexity index is 612. The molecule has 2 rings (SSSR count). The predicted molar refractivity (Wildman–Crippen MR) is 80.2 cm³/mol. The molecule has 1 unspecified atom stereocenters. The van der Waals surface area contributed by atoms with Crippen LogP contribution in [0.4, 0.5) is 0 Å². The molecule has 5 heteroatoms. The molecular weight excluding hydrogens is 272 g/mol. The third-order valence-corrected chi connectivity index (χ3v) is 4.05. The third kappa shape index (κ3) is 3.31. The fourth-order valence-electron chi connectivity index (χ4n) is 1.94. The van der Waals surface area contributed by atoms with E-state index in [0.717, 1.165) is 21.6 Å². The average Bonchev–Trinajstić information content (AvgIpc) is 2.52. The molecule has 2 aromatic rings. The van der Waals surface area contributed by atoms with Crippen LogP contribution in [0, 0.1) is 0 Å². The van der Waals surface area contributed by atoms with Gasteiger partial charge in [0.05, 0.1) is 4.90 Å². The van der Waals surface area contributed by atoms with Crippen LogP contribution in [-0.4, -0.2) is 17.7 Å². The molecule has 0 heterocycles. The van der Waals surface area contributed by atoms with E-state index in [4.69, 9.17) is 0 Å². The standard InChI is InChI=1S/C15H16N2O2S/c1-16-20(19)15-5-3-2-4-14(15)13-8-6-12(7-9-13)10-17-11-18/h2-9,11,16H,10H2,1H3,(H,17,18). The molecule has 1 amide bonds. The maximum Gasteiger partial charge on any atom is 0.207 e. The highest BCUT2D eigenvalue weighted by Gasteiger charge is 2.09. The van der Waals surface area contributed by atoms with Gasteiger partial charge in [0.1, 0.15) is 11.0 Å². The summed E-state index contributed by atoms with van der Waals surface area (Å²) in [5, 5.41) is 2.62. The molecule has 104 valence electrons. The molecule has 0 aromatic heterocycles. The molecule has 0 aliphatic heterocycles. The lowest BCUT2D eigenvalue weighted by atomic mass is 10.0. The van der Waals surface area contributed by atoms with E-state index in [-0.39, 0.29) is 0 Å². The fourth-order valence-corrected chi connectivity index (χ4v) is 2.75. The van der Waals surface area contributed by atoms with Crippen LogP contribution in [0.1, 0.15) is 5.56 Å². The number of benzene rings is 2. The first kappa shape index (κ1) is 14.4. The van der Waals surface area contributed by atoms with Gasteiger partial charge in [0, 0.05) is 6.54 Å². The average molecular weight is 288 g/mol. The number of carbonyl (C=O) groups is 1. The molecule has 0 aliphatic rings. The Morgan fingerprint density at radius 3 is 2.45 bits per heavy atom. The lowest BCUT2D eigenvalue weighted by Gasteiger charge is -2.09. The highest BCUT2D eigenvalue weighted by molar-refractivity contribution is 7.83. The first-order valence-corrected chi connectivity index (χ1v) is 7.35. The molecule has 1 atom stereocenters. The SMILES string of the molecule is CNS(=O)c1ccccc1-c1ccc(CNC=O)cc1. The maximum absolute atomic E-state index is 12.0. The first-order valence-electron chi connectivity index (χ1n) is 6.21. The highest BCUT2D eigenvalue weighted by Crippen LogP contribution is 2.25. The highest BCUT2D eigenvalue weighted by atomic mass is 32.2. The Hall–Kier alpha value is -1.98. The molecule has 0 aliphatic carbocycles. The fraction of sp³-hybridized carbons (Fsp3) is 0.133. The Morgan fingerprint density at radius 1 is 1.10 bits per heavy atom. The summed E-state index contributed by atoms with van der Waals surface area (Å²) in [5.74, 6) is 0. The topological polar surface area (TPSA) is 58.2 Å². The van der Waals surface area contributed by atoms with Gasteiger partial charge in [-0.15, -0.1) is 0 Å². The summed E-state index contributed by atoms with van der Waals surface area (Å²) >= 11 is 0. The van der Waals surface area contributed by atoms with E-state index in [1.165, 1.54) is 0 Å². The second-order valence-corrected chi connectivity index (χ2v) is 5.55. The van der Waals surface area contributed by atoms with Crippen LogP contribution in [0.5, 0.6) is 0 Å². The van der Waals surface area contributed by atoms with Crippen LogP contribution in [0.15, 0.2) is 53.4 Å². The molecule has 0 saturated heterocycles. The van der Waals surface area contributed by atoms with Gasteiger partial charge in [0.25, 0.3) is 0 Å². The Kier molecular flexibility index (Phi) is 5.03. The minimum Gasteiger partial charge on any atom is -0.355 e. The van der Waals surface area contributed by atoms with E-state index in [1.54, 1.807) is 7.05 Å². The predicted octanol–water partition coefficient (Wildman–Crippen LogP) is 1.84. The van der Waals surface area contributed by atoms with Crippen molar-refractivity contribution < 1.29 is 9.00 Å². The molecule has 0 radical (unpaired) electrons. The van der Waals surface area contributed by atoms with Crippen molar-refractivity contribution in [3.63, 3.8) is 0 Å². The monoisotopic (exact) mass is 288 g/mol. The summed E-state index contributed by atoms with van der Waals surface area (Å²) in [6.45, 7) is 0.508. The molecule has 4 nitrogen and oxygen atoms in total. The summed E-state index contributed by atoms with van der Waals surface area (Å²) in [6.07, 6.45) is 0.680. The van der Waals surface area contributed by atoms with Crippen LogP contribution >= 0.6 is 0 Å². The number of rotatable bonds is 6. The van der Waals surface area contributed by atoms with Gasteiger partial charge < -0.3 is 5.32 Å². The second-order valence-electron chi connectivity index (χ2n) is 4.16. The molecule has 20 heavy (non-hydrogen) atoms. The molecule has 0 bridgehead atoms. The quantitative estimate of drug-likeness (QED) is 0.797. The lowest BCUT2D eigenvalue weighted by molar-refractivity contribution is -0.109. The van der Waals surface area contributed by atoms with E-state index < -0.39 is 11.0 Å². The Morgan fingerprint density at radius 2 is 1.80 bits per heavy atom. The minimum atomic E-state index is -1.22. The third-order valence-electron chi connectivity index (χ3n) is 2.93. The Labute approximate surface area is 120 Å². The van der Waals surface area contributed by atoms with Gasteiger partial charge in [-0.25, -0.2) is 8.93 Å². The molecule has 0 fully saturated rings. The van der Waals surface area contributed by atoms with Gasteiger partial charge >= 0.3 is 0 Å². The van der Waals surface area contributed by atoms with Crippen LogP contribution < -0.4 is 10.0 Å².